The number of carboxylic acids is 1. The predicted molar refractivity (Wildman–Crippen MR) is 74.1 cm³/mol. The quantitative estimate of drug-likeness (QED) is 0.778. The number of carbonyl (C=O) groups is 1. The summed E-state index contributed by atoms with van der Waals surface area (Å²) in [5.74, 6) is -0.0199. The molecule has 3 heterocycles. The van der Waals surface area contributed by atoms with E-state index in [9.17, 15) is 4.79 Å². The summed E-state index contributed by atoms with van der Waals surface area (Å²) in [6.07, 6.45) is 6.53. The van der Waals surface area contributed by atoms with Crippen LogP contribution >= 0.6 is 0 Å². The largest absolute Gasteiger partial charge is 0.480 e. The van der Waals surface area contributed by atoms with E-state index in [1.54, 1.807) is 49.1 Å². The molecule has 21 heavy (non-hydrogen) atoms. The molecule has 1 N–H and O–H groups in total. The minimum atomic E-state index is -0.975. The summed E-state index contributed by atoms with van der Waals surface area (Å²) in [6, 6.07) is 7.07. The van der Waals surface area contributed by atoms with Crippen LogP contribution in [0.3, 0.4) is 0 Å². The summed E-state index contributed by atoms with van der Waals surface area (Å²) >= 11 is 0. The van der Waals surface area contributed by atoms with Crippen LogP contribution in [0.1, 0.15) is 0 Å². The number of hydrogen-bond acceptors (Lipinski definition) is 5. The topological polar surface area (TPSA) is 93.8 Å². The summed E-state index contributed by atoms with van der Waals surface area (Å²) in [4.78, 5) is 23.3. The molecule has 7 heteroatoms. The SMILES string of the molecule is O=C(O)Cn1nc(-c2ccncc2)nc1-c1ccncc1. The fraction of sp³-hybridized carbons (Fsp3) is 0.0714. The highest BCUT2D eigenvalue weighted by Crippen LogP contribution is 2.21. The van der Waals surface area contributed by atoms with E-state index in [-0.39, 0.29) is 6.54 Å². The minimum Gasteiger partial charge on any atom is -0.480 e. The third-order valence-corrected chi connectivity index (χ3v) is 2.83. The lowest BCUT2D eigenvalue weighted by Crippen LogP contribution is -2.11. The Hall–Kier alpha value is -3.09. The van der Waals surface area contributed by atoms with E-state index in [1.807, 2.05) is 0 Å². The van der Waals surface area contributed by atoms with Crippen LogP contribution in [0.25, 0.3) is 22.8 Å². The van der Waals surface area contributed by atoms with Crippen LogP contribution in [0, 0.1) is 0 Å². The Morgan fingerprint density at radius 3 is 2.14 bits per heavy atom. The van der Waals surface area contributed by atoms with E-state index in [4.69, 9.17) is 5.11 Å². The molecule has 0 spiro atoms. The van der Waals surface area contributed by atoms with Gasteiger partial charge in [-0.1, -0.05) is 0 Å². The van der Waals surface area contributed by atoms with E-state index < -0.39 is 5.97 Å². The molecule has 3 aromatic rings. The lowest BCUT2D eigenvalue weighted by Gasteiger charge is -2.01. The van der Waals surface area contributed by atoms with Crippen molar-refractivity contribution in [1.29, 1.82) is 0 Å². The average molecular weight is 281 g/mol. The van der Waals surface area contributed by atoms with Gasteiger partial charge in [-0.05, 0) is 24.3 Å². The Labute approximate surface area is 119 Å². The van der Waals surface area contributed by atoms with Crippen molar-refractivity contribution in [2.24, 2.45) is 0 Å². The summed E-state index contributed by atoms with van der Waals surface area (Å²) in [5.41, 5.74) is 1.54. The highest BCUT2D eigenvalue weighted by molar-refractivity contribution is 5.68. The molecular weight excluding hydrogens is 270 g/mol. The van der Waals surface area contributed by atoms with Gasteiger partial charge in [-0.25, -0.2) is 9.67 Å². The maximum atomic E-state index is 11.0. The van der Waals surface area contributed by atoms with Crippen molar-refractivity contribution in [1.82, 2.24) is 24.7 Å². The van der Waals surface area contributed by atoms with E-state index >= 15 is 0 Å². The zero-order chi connectivity index (χ0) is 14.7. The standard InChI is InChI=1S/C14H11N5O2/c20-12(21)9-19-14(11-3-7-16-8-4-11)17-13(18-19)10-1-5-15-6-2-10/h1-8H,9H2,(H,20,21). The third kappa shape index (κ3) is 2.76. The smallest absolute Gasteiger partial charge is 0.325 e. The van der Waals surface area contributed by atoms with Crippen LogP contribution < -0.4 is 0 Å². The molecule has 0 fully saturated rings. The fourth-order valence-corrected chi connectivity index (χ4v) is 1.92. The molecule has 0 unspecified atom stereocenters. The monoisotopic (exact) mass is 281 g/mol. The molecular formula is C14H11N5O2. The molecule has 0 aliphatic heterocycles. The molecule has 0 saturated carbocycles. The van der Waals surface area contributed by atoms with Gasteiger partial charge in [0.2, 0.25) is 0 Å². The van der Waals surface area contributed by atoms with Crippen molar-refractivity contribution in [2.45, 2.75) is 6.54 Å². The molecule has 0 aromatic carbocycles. The van der Waals surface area contributed by atoms with Crippen LogP contribution in [0.5, 0.6) is 0 Å². The summed E-state index contributed by atoms with van der Waals surface area (Å²) in [7, 11) is 0. The van der Waals surface area contributed by atoms with Crippen LogP contribution in [-0.2, 0) is 11.3 Å². The molecule has 0 aliphatic carbocycles. The first-order chi connectivity index (χ1) is 10.2. The van der Waals surface area contributed by atoms with Gasteiger partial charge in [0, 0.05) is 35.9 Å². The molecule has 0 radical (unpaired) electrons. The van der Waals surface area contributed by atoms with Crippen molar-refractivity contribution >= 4 is 5.97 Å². The number of carboxylic acid groups (broad SMARTS) is 1. The number of aromatic nitrogens is 5. The molecule has 0 saturated heterocycles. The molecule has 3 rings (SSSR count). The maximum absolute atomic E-state index is 11.0. The molecule has 0 aliphatic rings. The van der Waals surface area contributed by atoms with Crippen LogP contribution in [0.15, 0.2) is 49.1 Å². The molecule has 7 nitrogen and oxygen atoms in total. The molecule has 3 aromatic heterocycles. The Kier molecular flexibility index (Phi) is 3.38. The number of hydrogen-bond donors (Lipinski definition) is 1. The van der Waals surface area contributed by atoms with Gasteiger partial charge in [0.15, 0.2) is 11.6 Å². The molecule has 0 atom stereocenters. The Bertz CT molecular complexity index is 756. The first-order valence-electron chi connectivity index (χ1n) is 6.21. The van der Waals surface area contributed by atoms with Crippen molar-refractivity contribution in [3.63, 3.8) is 0 Å². The van der Waals surface area contributed by atoms with Crippen molar-refractivity contribution in [3.8, 4) is 22.8 Å². The minimum absolute atomic E-state index is 0.254. The van der Waals surface area contributed by atoms with Crippen molar-refractivity contribution < 1.29 is 9.90 Å². The van der Waals surface area contributed by atoms with Crippen LogP contribution in [0.2, 0.25) is 0 Å². The molecule has 104 valence electrons. The Balaban J connectivity index is 2.10. The summed E-state index contributed by atoms with van der Waals surface area (Å²) < 4.78 is 1.37. The van der Waals surface area contributed by atoms with Crippen LogP contribution in [-0.4, -0.2) is 35.8 Å². The second-order valence-corrected chi connectivity index (χ2v) is 4.28. The van der Waals surface area contributed by atoms with Gasteiger partial charge in [0.1, 0.15) is 6.54 Å². The lowest BCUT2D eigenvalue weighted by atomic mass is 10.2. The predicted octanol–water partition coefficient (Wildman–Crippen LogP) is 1.49. The van der Waals surface area contributed by atoms with Crippen molar-refractivity contribution in [3.05, 3.63) is 49.1 Å². The second kappa shape index (κ2) is 5.49. The first-order valence-corrected chi connectivity index (χ1v) is 6.21. The Morgan fingerprint density at radius 1 is 1.00 bits per heavy atom. The Morgan fingerprint density at radius 2 is 1.57 bits per heavy atom. The van der Waals surface area contributed by atoms with Gasteiger partial charge in [0.25, 0.3) is 0 Å². The lowest BCUT2D eigenvalue weighted by molar-refractivity contribution is -0.137. The fourth-order valence-electron chi connectivity index (χ4n) is 1.92. The van der Waals surface area contributed by atoms with Gasteiger partial charge in [-0.3, -0.25) is 14.8 Å². The van der Waals surface area contributed by atoms with Gasteiger partial charge in [-0.15, -0.1) is 5.10 Å². The molecule has 0 bridgehead atoms. The molecule has 0 amide bonds. The highest BCUT2D eigenvalue weighted by atomic mass is 16.4. The number of rotatable bonds is 4. The second-order valence-electron chi connectivity index (χ2n) is 4.28. The number of nitrogens with zero attached hydrogens (tertiary/aromatic N) is 5. The van der Waals surface area contributed by atoms with Gasteiger partial charge >= 0.3 is 5.97 Å². The highest BCUT2D eigenvalue weighted by Gasteiger charge is 2.15. The average Bonchev–Trinajstić information content (AvgIpc) is 2.92. The number of aliphatic carboxylic acids is 1. The number of pyridine rings is 2. The van der Waals surface area contributed by atoms with E-state index in [2.05, 4.69) is 20.1 Å². The van der Waals surface area contributed by atoms with Gasteiger partial charge < -0.3 is 5.11 Å². The first kappa shape index (κ1) is 12.9. The van der Waals surface area contributed by atoms with Gasteiger partial charge in [0.05, 0.1) is 0 Å². The van der Waals surface area contributed by atoms with Crippen LogP contribution in [0.4, 0.5) is 0 Å². The van der Waals surface area contributed by atoms with Gasteiger partial charge in [-0.2, -0.15) is 0 Å². The summed E-state index contributed by atoms with van der Waals surface area (Å²) in [6.45, 7) is -0.254. The zero-order valence-electron chi connectivity index (χ0n) is 10.9. The zero-order valence-corrected chi connectivity index (χ0v) is 10.9. The third-order valence-electron chi connectivity index (χ3n) is 2.83. The van der Waals surface area contributed by atoms with Crippen molar-refractivity contribution in [2.75, 3.05) is 0 Å². The van der Waals surface area contributed by atoms with E-state index in [0.29, 0.717) is 11.6 Å². The normalized spacial score (nSPS) is 10.5. The van der Waals surface area contributed by atoms with E-state index in [1.165, 1.54) is 4.68 Å². The maximum Gasteiger partial charge on any atom is 0.325 e. The van der Waals surface area contributed by atoms with E-state index in [0.717, 1.165) is 11.1 Å². The summed E-state index contributed by atoms with van der Waals surface area (Å²) in [5, 5.41) is 13.3.